The van der Waals surface area contributed by atoms with Crippen molar-refractivity contribution >= 4 is 17.5 Å². The number of hydrogen-bond donors (Lipinski definition) is 1. The van der Waals surface area contributed by atoms with Crippen molar-refractivity contribution in [1.29, 1.82) is 0 Å². The predicted octanol–water partition coefficient (Wildman–Crippen LogP) is -0.181. The molecule has 118 valence electrons. The zero-order valence-electron chi connectivity index (χ0n) is 13.2. The molecule has 1 fully saturated rings. The third-order valence-corrected chi connectivity index (χ3v) is 3.80. The van der Waals surface area contributed by atoms with Crippen LogP contribution in [0.4, 0.5) is 5.82 Å². The summed E-state index contributed by atoms with van der Waals surface area (Å²) < 4.78 is 1.73. The SMILES string of the molecule is Cc1cc(N2CCN(C(=O)C(C)(C)N)CC2)n2ncnc2n1. The van der Waals surface area contributed by atoms with Crippen LogP contribution < -0.4 is 10.6 Å². The van der Waals surface area contributed by atoms with E-state index in [9.17, 15) is 4.79 Å². The van der Waals surface area contributed by atoms with Crippen LogP contribution in [0.25, 0.3) is 5.78 Å². The van der Waals surface area contributed by atoms with Crippen molar-refractivity contribution in [2.45, 2.75) is 26.3 Å². The minimum absolute atomic E-state index is 0.0102. The zero-order valence-corrected chi connectivity index (χ0v) is 13.2. The minimum atomic E-state index is -0.825. The highest BCUT2D eigenvalue weighted by molar-refractivity contribution is 5.85. The molecule has 2 aromatic rings. The number of piperazine rings is 1. The molecule has 3 heterocycles. The third kappa shape index (κ3) is 2.61. The first kappa shape index (κ1) is 14.7. The van der Waals surface area contributed by atoms with Crippen molar-refractivity contribution in [2.24, 2.45) is 5.73 Å². The van der Waals surface area contributed by atoms with E-state index in [2.05, 4.69) is 20.0 Å². The molecule has 2 aromatic heterocycles. The fourth-order valence-electron chi connectivity index (χ4n) is 2.68. The number of nitrogens with zero attached hydrogens (tertiary/aromatic N) is 6. The van der Waals surface area contributed by atoms with Crippen molar-refractivity contribution in [3.8, 4) is 0 Å². The summed E-state index contributed by atoms with van der Waals surface area (Å²) in [6, 6.07) is 1.99. The van der Waals surface area contributed by atoms with Gasteiger partial charge in [-0.15, -0.1) is 0 Å². The molecule has 1 saturated heterocycles. The van der Waals surface area contributed by atoms with Crippen LogP contribution in [0.15, 0.2) is 12.4 Å². The number of amides is 1. The standard InChI is InChI=1S/C14H21N7O/c1-10-8-11(21-13(18-10)16-9-17-21)19-4-6-20(7-5-19)12(22)14(2,3)15/h8-9H,4-7,15H2,1-3H3. The Morgan fingerprint density at radius 1 is 1.27 bits per heavy atom. The summed E-state index contributed by atoms with van der Waals surface area (Å²) in [5, 5.41) is 4.23. The van der Waals surface area contributed by atoms with Gasteiger partial charge in [-0.2, -0.15) is 14.6 Å². The lowest BCUT2D eigenvalue weighted by atomic mass is 10.0. The summed E-state index contributed by atoms with van der Waals surface area (Å²) in [7, 11) is 0. The summed E-state index contributed by atoms with van der Waals surface area (Å²) in [5.74, 6) is 1.54. The molecule has 1 aliphatic heterocycles. The summed E-state index contributed by atoms with van der Waals surface area (Å²) in [4.78, 5) is 24.7. The van der Waals surface area contributed by atoms with Crippen molar-refractivity contribution < 1.29 is 4.79 Å². The average molecular weight is 303 g/mol. The van der Waals surface area contributed by atoms with E-state index in [1.807, 2.05) is 17.9 Å². The Bertz CT molecular complexity index is 695. The van der Waals surface area contributed by atoms with Crippen LogP contribution in [0, 0.1) is 6.92 Å². The summed E-state index contributed by atoms with van der Waals surface area (Å²) in [5.41, 5.74) is 5.98. The van der Waals surface area contributed by atoms with Crippen molar-refractivity contribution in [3.63, 3.8) is 0 Å². The van der Waals surface area contributed by atoms with Gasteiger partial charge in [-0.05, 0) is 20.8 Å². The highest BCUT2D eigenvalue weighted by Gasteiger charge is 2.30. The summed E-state index contributed by atoms with van der Waals surface area (Å²) in [6.07, 6.45) is 1.50. The second-order valence-electron chi connectivity index (χ2n) is 6.23. The van der Waals surface area contributed by atoms with Crippen LogP contribution >= 0.6 is 0 Å². The normalized spacial score (nSPS) is 16.4. The topological polar surface area (TPSA) is 92.7 Å². The largest absolute Gasteiger partial charge is 0.353 e. The quantitative estimate of drug-likeness (QED) is 0.827. The number of carbonyl (C=O) groups is 1. The summed E-state index contributed by atoms with van der Waals surface area (Å²) in [6.45, 7) is 8.20. The van der Waals surface area contributed by atoms with Gasteiger partial charge in [0.05, 0.1) is 5.54 Å². The highest BCUT2D eigenvalue weighted by Crippen LogP contribution is 2.18. The molecule has 0 unspecified atom stereocenters. The van der Waals surface area contributed by atoms with Crippen LogP contribution in [0.2, 0.25) is 0 Å². The van der Waals surface area contributed by atoms with E-state index in [0.29, 0.717) is 18.9 Å². The lowest BCUT2D eigenvalue weighted by molar-refractivity contribution is -0.136. The van der Waals surface area contributed by atoms with Gasteiger partial charge in [0.15, 0.2) is 0 Å². The van der Waals surface area contributed by atoms with Crippen molar-refractivity contribution in [3.05, 3.63) is 18.1 Å². The Hall–Kier alpha value is -2.22. The number of rotatable bonds is 2. The maximum absolute atomic E-state index is 12.2. The number of aryl methyl sites for hydroxylation is 1. The molecule has 3 rings (SSSR count). The maximum atomic E-state index is 12.2. The van der Waals surface area contributed by atoms with Gasteiger partial charge in [0.1, 0.15) is 12.1 Å². The van der Waals surface area contributed by atoms with E-state index >= 15 is 0 Å². The van der Waals surface area contributed by atoms with Crippen LogP contribution in [0.1, 0.15) is 19.5 Å². The molecular formula is C14H21N7O. The maximum Gasteiger partial charge on any atom is 0.254 e. The molecular weight excluding hydrogens is 282 g/mol. The highest BCUT2D eigenvalue weighted by atomic mass is 16.2. The Morgan fingerprint density at radius 2 is 1.95 bits per heavy atom. The summed E-state index contributed by atoms with van der Waals surface area (Å²) >= 11 is 0. The molecule has 0 spiro atoms. The fraction of sp³-hybridized carbons (Fsp3) is 0.571. The van der Waals surface area contributed by atoms with E-state index in [1.165, 1.54) is 6.33 Å². The molecule has 8 heteroatoms. The van der Waals surface area contributed by atoms with Gasteiger partial charge in [-0.3, -0.25) is 4.79 Å². The number of fused-ring (bicyclic) bond motifs is 1. The van der Waals surface area contributed by atoms with Crippen molar-refractivity contribution in [2.75, 3.05) is 31.1 Å². The number of carbonyl (C=O) groups excluding carboxylic acids is 1. The number of nitrogens with two attached hydrogens (primary N) is 1. The molecule has 22 heavy (non-hydrogen) atoms. The van der Waals surface area contributed by atoms with Gasteiger partial charge in [-0.25, -0.2) is 4.98 Å². The lowest BCUT2D eigenvalue weighted by Gasteiger charge is -2.38. The molecule has 0 bridgehead atoms. The van der Waals surface area contributed by atoms with Gasteiger partial charge < -0.3 is 15.5 Å². The second kappa shape index (κ2) is 5.20. The van der Waals surface area contributed by atoms with E-state index in [-0.39, 0.29) is 5.91 Å². The zero-order chi connectivity index (χ0) is 15.9. The van der Waals surface area contributed by atoms with Gasteiger partial charge in [0.25, 0.3) is 5.78 Å². The molecule has 8 nitrogen and oxygen atoms in total. The Balaban J connectivity index is 1.79. The Morgan fingerprint density at radius 3 is 2.59 bits per heavy atom. The number of hydrogen-bond acceptors (Lipinski definition) is 6. The molecule has 0 aromatic carbocycles. The second-order valence-corrected chi connectivity index (χ2v) is 6.23. The molecule has 1 amide bonds. The number of aromatic nitrogens is 4. The lowest BCUT2D eigenvalue weighted by Crippen LogP contribution is -2.57. The van der Waals surface area contributed by atoms with Crippen LogP contribution in [0.5, 0.6) is 0 Å². The van der Waals surface area contributed by atoms with E-state index < -0.39 is 5.54 Å². The molecule has 1 aliphatic rings. The first-order valence-corrected chi connectivity index (χ1v) is 7.37. The van der Waals surface area contributed by atoms with Crippen LogP contribution in [-0.4, -0.2) is 62.1 Å². The molecule has 0 saturated carbocycles. The van der Waals surface area contributed by atoms with Crippen LogP contribution in [0.3, 0.4) is 0 Å². The smallest absolute Gasteiger partial charge is 0.254 e. The Labute approximate surface area is 128 Å². The molecule has 2 N–H and O–H groups in total. The first-order valence-electron chi connectivity index (χ1n) is 7.37. The van der Waals surface area contributed by atoms with Gasteiger partial charge in [0, 0.05) is 37.9 Å². The number of anilines is 1. The van der Waals surface area contributed by atoms with Gasteiger partial charge >= 0.3 is 0 Å². The monoisotopic (exact) mass is 303 g/mol. The van der Waals surface area contributed by atoms with Gasteiger partial charge in [0.2, 0.25) is 5.91 Å². The average Bonchev–Trinajstić information content (AvgIpc) is 2.93. The fourth-order valence-corrected chi connectivity index (χ4v) is 2.68. The van der Waals surface area contributed by atoms with E-state index in [0.717, 1.165) is 24.6 Å². The third-order valence-electron chi connectivity index (χ3n) is 3.80. The Kier molecular flexibility index (Phi) is 3.48. The van der Waals surface area contributed by atoms with Gasteiger partial charge in [-0.1, -0.05) is 0 Å². The van der Waals surface area contributed by atoms with Crippen LogP contribution in [-0.2, 0) is 4.79 Å². The first-order chi connectivity index (χ1) is 10.4. The van der Waals surface area contributed by atoms with Crippen molar-refractivity contribution in [1.82, 2.24) is 24.5 Å². The molecule has 0 atom stereocenters. The van der Waals surface area contributed by atoms with E-state index in [1.54, 1.807) is 18.4 Å². The molecule has 0 aliphatic carbocycles. The predicted molar refractivity (Wildman–Crippen MR) is 82.6 cm³/mol. The van der Waals surface area contributed by atoms with E-state index in [4.69, 9.17) is 5.73 Å². The minimum Gasteiger partial charge on any atom is -0.353 e. The molecule has 0 radical (unpaired) electrons.